The second-order valence-electron chi connectivity index (χ2n) is 7.77. The number of hydrogen-bond donors (Lipinski definition) is 2. The van der Waals surface area contributed by atoms with Crippen molar-refractivity contribution >= 4 is 29.1 Å². The van der Waals surface area contributed by atoms with Crippen molar-refractivity contribution in [1.29, 1.82) is 0 Å². The normalized spacial score (nSPS) is 30.0. The minimum absolute atomic E-state index is 0.00296. The molecule has 2 N–H and O–H groups in total. The van der Waals surface area contributed by atoms with E-state index in [1.165, 1.54) is 30.6 Å². The summed E-state index contributed by atoms with van der Waals surface area (Å²) in [5.41, 5.74) is 1.11. The van der Waals surface area contributed by atoms with Crippen molar-refractivity contribution in [3.05, 3.63) is 38.3 Å². The summed E-state index contributed by atoms with van der Waals surface area (Å²) >= 11 is 3.19. The summed E-state index contributed by atoms with van der Waals surface area (Å²) in [6.07, 6.45) is 3.85. The van der Waals surface area contributed by atoms with Crippen molar-refractivity contribution < 1.29 is 19.4 Å². The van der Waals surface area contributed by atoms with Crippen molar-refractivity contribution in [2.24, 2.45) is 17.8 Å². The van der Waals surface area contributed by atoms with Crippen LogP contribution in [0, 0.1) is 17.8 Å². The van der Waals surface area contributed by atoms with Crippen molar-refractivity contribution in [2.75, 3.05) is 13.7 Å². The Labute approximate surface area is 170 Å². The summed E-state index contributed by atoms with van der Waals surface area (Å²) in [6, 6.07) is 5.74. The lowest BCUT2D eigenvalue weighted by Gasteiger charge is -2.40. The van der Waals surface area contributed by atoms with Gasteiger partial charge in [0.1, 0.15) is 0 Å². The highest BCUT2D eigenvalue weighted by atomic mass is 32.2. The maximum Gasteiger partial charge on any atom is 0.341 e. The van der Waals surface area contributed by atoms with Gasteiger partial charge in [-0.3, -0.25) is 4.79 Å². The van der Waals surface area contributed by atoms with Crippen LogP contribution < -0.4 is 14.3 Å². The standard InChI is InChI=1S/C20H21NO5S2/c1-25-13-7-10(4-5-12(13)26-8-14(22)23)16-15-9-2-3-11(6-9)17(15)27-19-18(16)28-20(24)21-19/h4-5,7,9,11,15-17H,2-3,6,8H2,1H3,(H,21,24)(H,22,23)/t9-,11-,15-,16-,17-/m0/s1. The predicted molar refractivity (Wildman–Crippen MR) is 107 cm³/mol. The molecule has 2 aromatic rings. The van der Waals surface area contributed by atoms with Crippen LogP contribution in [-0.4, -0.2) is 35.0 Å². The summed E-state index contributed by atoms with van der Waals surface area (Å²) in [6.45, 7) is -0.409. The van der Waals surface area contributed by atoms with Gasteiger partial charge < -0.3 is 19.6 Å². The Kier molecular flexibility index (Phi) is 4.43. The summed E-state index contributed by atoms with van der Waals surface area (Å²) in [7, 11) is 1.56. The van der Waals surface area contributed by atoms with Gasteiger partial charge in [0.15, 0.2) is 18.1 Å². The fourth-order valence-corrected chi connectivity index (χ4v) is 8.25. The molecule has 28 heavy (non-hydrogen) atoms. The molecule has 0 amide bonds. The smallest absolute Gasteiger partial charge is 0.341 e. The van der Waals surface area contributed by atoms with Gasteiger partial charge >= 0.3 is 10.8 Å². The molecule has 2 fully saturated rings. The number of thioether (sulfide) groups is 1. The van der Waals surface area contributed by atoms with Gasteiger partial charge in [0, 0.05) is 16.0 Å². The van der Waals surface area contributed by atoms with E-state index in [1.807, 2.05) is 23.9 Å². The molecular weight excluding hydrogens is 398 g/mol. The van der Waals surface area contributed by atoms with E-state index in [1.54, 1.807) is 13.2 Å². The van der Waals surface area contributed by atoms with Crippen LogP contribution >= 0.6 is 23.1 Å². The molecule has 0 radical (unpaired) electrons. The molecule has 0 spiro atoms. The van der Waals surface area contributed by atoms with Crippen LogP contribution in [0.5, 0.6) is 11.5 Å². The topological polar surface area (TPSA) is 88.6 Å². The number of hydrogen-bond acceptors (Lipinski definition) is 6. The maximum atomic E-state index is 12.1. The molecule has 0 unspecified atom stereocenters. The second-order valence-corrected chi connectivity index (χ2v) is 9.97. The number of ether oxygens (including phenoxy) is 2. The third kappa shape index (κ3) is 2.85. The zero-order chi connectivity index (χ0) is 19.4. The van der Waals surface area contributed by atoms with E-state index in [9.17, 15) is 9.59 Å². The minimum Gasteiger partial charge on any atom is -0.493 e. The first-order chi connectivity index (χ1) is 13.5. The van der Waals surface area contributed by atoms with E-state index in [4.69, 9.17) is 14.6 Å². The number of carboxylic acids is 1. The molecule has 0 saturated heterocycles. The van der Waals surface area contributed by atoms with E-state index in [0.29, 0.717) is 28.6 Å². The highest BCUT2D eigenvalue weighted by Crippen LogP contribution is 2.63. The Hall–Kier alpha value is -1.93. The molecule has 2 heterocycles. The molecule has 148 valence electrons. The molecular formula is C20H21NO5S2. The molecule has 3 aliphatic rings. The van der Waals surface area contributed by atoms with Gasteiger partial charge in [-0.15, -0.1) is 11.8 Å². The highest BCUT2D eigenvalue weighted by Gasteiger charge is 2.54. The number of benzene rings is 1. The Morgan fingerprint density at radius 2 is 2.11 bits per heavy atom. The van der Waals surface area contributed by atoms with Gasteiger partial charge in [0.2, 0.25) is 0 Å². The van der Waals surface area contributed by atoms with Gasteiger partial charge in [-0.1, -0.05) is 17.4 Å². The third-order valence-corrected chi connectivity index (χ3v) is 8.99. The Morgan fingerprint density at radius 3 is 2.89 bits per heavy atom. The summed E-state index contributed by atoms with van der Waals surface area (Å²) < 4.78 is 10.8. The van der Waals surface area contributed by atoms with Crippen LogP contribution in [-0.2, 0) is 4.79 Å². The van der Waals surface area contributed by atoms with E-state index >= 15 is 0 Å². The molecule has 2 aliphatic carbocycles. The largest absolute Gasteiger partial charge is 0.493 e. The number of aliphatic carboxylic acids is 1. The quantitative estimate of drug-likeness (QED) is 0.770. The van der Waals surface area contributed by atoms with Crippen LogP contribution in [0.4, 0.5) is 0 Å². The first kappa shape index (κ1) is 18.1. The Morgan fingerprint density at radius 1 is 1.29 bits per heavy atom. The molecule has 8 heteroatoms. The van der Waals surface area contributed by atoms with Gasteiger partial charge in [-0.05, 0) is 54.7 Å². The van der Waals surface area contributed by atoms with Gasteiger partial charge in [0.05, 0.1) is 12.1 Å². The fraction of sp³-hybridized carbons (Fsp3) is 0.500. The van der Waals surface area contributed by atoms with E-state index in [2.05, 4.69) is 4.98 Å². The van der Waals surface area contributed by atoms with Crippen LogP contribution in [0.15, 0.2) is 28.0 Å². The van der Waals surface area contributed by atoms with Crippen LogP contribution in [0.2, 0.25) is 0 Å². The fourth-order valence-electron chi connectivity index (χ4n) is 5.36. The number of fused-ring (bicyclic) bond motifs is 6. The highest BCUT2D eigenvalue weighted by molar-refractivity contribution is 8.00. The van der Waals surface area contributed by atoms with Gasteiger partial charge in [-0.25, -0.2) is 4.79 Å². The number of H-pyrrole nitrogens is 1. The number of nitrogens with one attached hydrogen (secondary N) is 1. The molecule has 2 saturated carbocycles. The molecule has 5 rings (SSSR count). The van der Waals surface area contributed by atoms with Crippen molar-refractivity contribution in [3.8, 4) is 11.5 Å². The van der Waals surface area contributed by atoms with Crippen LogP contribution in [0.1, 0.15) is 35.6 Å². The van der Waals surface area contributed by atoms with Gasteiger partial charge in [-0.2, -0.15) is 0 Å². The molecule has 6 nitrogen and oxygen atoms in total. The SMILES string of the molecule is COc1cc([C@@H]2c3sc(=O)[nH]c3S[C@H]3[C@H]4CC[C@@H](C4)[C@@H]23)ccc1OCC(=O)O. The summed E-state index contributed by atoms with van der Waals surface area (Å²) in [5.74, 6) is 2.06. The molecule has 2 bridgehead atoms. The zero-order valence-corrected chi connectivity index (χ0v) is 17.0. The van der Waals surface area contributed by atoms with E-state index < -0.39 is 12.6 Å². The Bertz CT molecular complexity index is 983. The zero-order valence-electron chi connectivity index (χ0n) is 15.3. The third-order valence-electron chi connectivity index (χ3n) is 6.36. The minimum atomic E-state index is -1.03. The van der Waals surface area contributed by atoms with Crippen LogP contribution in [0.25, 0.3) is 0 Å². The maximum absolute atomic E-state index is 12.1. The van der Waals surface area contributed by atoms with Crippen molar-refractivity contribution in [3.63, 3.8) is 0 Å². The molecule has 1 aromatic heterocycles. The average molecular weight is 420 g/mol. The number of thiazole rings is 1. The number of carboxylic acid groups (broad SMARTS) is 1. The van der Waals surface area contributed by atoms with Crippen molar-refractivity contribution in [2.45, 2.75) is 35.5 Å². The lowest BCUT2D eigenvalue weighted by atomic mass is 9.75. The van der Waals surface area contributed by atoms with Gasteiger partial charge in [0.25, 0.3) is 0 Å². The molecule has 5 atom stereocenters. The van der Waals surface area contributed by atoms with Crippen LogP contribution in [0.3, 0.4) is 0 Å². The van der Waals surface area contributed by atoms with E-state index in [-0.39, 0.29) is 10.8 Å². The number of methoxy groups -OCH3 is 1. The van der Waals surface area contributed by atoms with E-state index in [0.717, 1.165) is 21.4 Å². The monoisotopic (exact) mass is 419 g/mol. The lowest BCUT2D eigenvalue weighted by Crippen LogP contribution is -2.33. The first-order valence-electron chi connectivity index (χ1n) is 9.47. The number of carbonyl (C=O) groups is 1. The lowest BCUT2D eigenvalue weighted by molar-refractivity contribution is -0.139. The average Bonchev–Trinajstić information content (AvgIpc) is 3.38. The van der Waals surface area contributed by atoms with Crippen molar-refractivity contribution in [1.82, 2.24) is 4.98 Å². The number of rotatable bonds is 5. The second kappa shape index (κ2) is 6.84. The Balaban J connectivity index is 1.56. The number of aromatic nitrogens is 1. The predicted octanol–water partition coefficient (Wildman–Crippen LogP) is 3.56. The first-order valence-corrected chi connectivity index (χ1v) is 11.2. The molecule has 1 aliphatic heterocycles. The summed E-state index contributed by atoms with van der Waals surface area (Å²) in [4.78, 5) is 27.1. The molecule has 1 aromatic carbocycles. The number of aromatic amines is 1. The summed E-state index contributed by atoms with van der Waals surface area (Å²) in [5, 5.41) is 10.4.